The van der Waals surface area contributed by atoms with Crippen LogP contribution >= 0.6 is 8.81 Å². The smallest absolute Gasteiger partial charge is 0.0989 e. The maximum atomic E-state index is 11.7. The molecule has 0 heterocycles. The quantitative estimate of drug-likeness (QED) is 0.121. The van der Waals surface area contributed by atoms with Crippen LogP contribution in [0.2, 0.25) is 0 Å². The second kappa shape index (κ2) is 17.2. The van der Waals surface area contributed by atoms with E-state index in [4.69, 9.17) is 4.52 Å². The van der Waals surface area contributed by atoms with E-state index in [2.05, 4.69) is 40.2 Å². The highest BCUT2D eigenvalue weighted by atomic mass is 31.1. The summed E-state index contributed by atoms with van der Waals surface area (Å²) >= 11 is 0. The molecule has 0 aliphatic rings. The molecule has 0 aliphatic carbocycles. The zero-order valence-electron chi connectivity index (χ0n) is 17.3. The summed E-state index contributed by atoms with van der Waals surface area (Å²) in [5, 5.41) is 0. The lowest BCUT2D eigenvalue weighted by molar-refractivity contribution is -0.870. The number of carbonyl (C=O) groups excluding carboxylic acids is 1. The fraction of sp³-hybridized carbons (Fsp3) is 0.857. The molecule has 0 spiro atoms. The van der Waals surface area contributed by atoms with Crippen LogP contribution in [0, 0.1) is 0 Å². The molecule has 4 heteroatoms. The fourth-order valence-electron chi connectivity index (χ4n) is 2.47. The van der Waals surface area contributed by atoms with Crippen LogP contribution < -0.4 is 0 Å². The highest BCUT2D eigenvalue weighted by molar-refractivity contribution is 7.53. The van der Waals surface area contributed by atoms with Crippen LogP contribution in [0.4, 0.5) is 0 Å². The highest BCUT2D eigenvalue weighted by Crippen LogP contribution is 2.18. The number of unbranched alkanes of at least 4 members (excludes halogenated alkanes) is 9. The molecule has 0 rings (SSSR count). The summed E-state index contributed by atoms with van der Waals surface area (Å²) in [6.07, 6.45) is 19.2. The van der Waals surface area contributed by atoms with E-state index in [1.807, 2.05) is 0 Å². The second-order valence-corrected chi connectivity index (χ2v) is 8.90. The van der Waals surface area contributed by atoms with Crippen molar-refractivity contribution in [2.75, 3.05) is 34.3 Å². The first-order chi connectivity index (χ1) is 12.0. The molecule has 0 aromatic carbocycles. The van der Waals surface area contributed by atoms with E-state index < -0.39 is 0 Å². The molecule has 0 N–H and O–H groups in total. The number of hydrogen-bond donors (Lipinski definition) is 0. The topological polar surface area (TPSA) is 26.3 Å². The Labute approximate surface area is 159 Å². The van der Waals surface area contributed by atoms with Gasteiger partial charge in [-0.2, -0.15) is 0 Å². The minimum atomic E-state index is 0.229. The number of rotatable bonds is 18. The molecule has 0 amide bonds. The lowest BCUT2D eigenvalue weighted by Gasteiger charge is -2.26. The van der Waals surface area contributed by atoms with Gasteiger partial charge in [0, 0.05) is 5.52 Å². The van der Waals surface area contributed by atoms with Crippen molar-refractivity contribution >= 4 is 14.3 Å². The van der Waals surface area contributed by atoms with Gasteiger partial charge < -0.3 is 22.6 Å². The summed E-state index contributed by atoms with van der Waals surface area (Å²) in [5.41, 5.74) is 0.229. The molecule has 0 unspecified atom stereocenters. The second-order valence-electron chi connectivity index (χ2n) is 7.96. The van der Waals surface area contributed by atoms with E-state index in [0.717, 1.165) is 17.4 Å². The van der Waals surface area contributed by atoms with Crippen LogP contribution in [0.1, 0.15) is 84.0 Å². The zero-order chi connectivity index (χ0) is 18.8. The maximum Gasteiger partial charge on any atom is 0.0989 e. The van der Waals surface area contributed by atoms with Gasteiger partial charge >= 0.3 is 0 Å². The third kappa shape index (κ3) is 21.7. The number of quaternary nitrogens is 1. The first-order valence-corrected chi connectivity index (χ1v) is 11.1. The van der Waals surface area contributed by atoms with Crippen LogP contribution in [0.25, 0.3) is 0 Å². The third-order valence-corrected chi connectivity index (χ3v) is 4.91. The molecule has 148 valence electrons. The number of allylic oxidation sites excluding steroid dienone is 2. The Kier molecular flexibility index (Phi) is 17.0. The van der Waals surface area contributed by atoms with E-state index >= 15 is 0 Å². The molecule has 0 bridgehead atoms. The summed E-state index contributed by atoms with van der Waals surface area (Å²) in [6, 6.07) is 0. The van der Waals surface area contributed by atoms with Crippen molar-refractivity contribution in [3.8, 4) is 0 Å². The van der Waals surface area contributed by atoms with Crippen molar-refractivity contribution in [2.24, 2.45) is 0 Å². The van der Waals surface area contributed by atoms with Crippen molar-refractivity contribution in [1.29, 1.82) is 0 Å². The molecule has 0 saturated heterocycles. The van der Waals surface area contributed by atoms with Gasteiger partial charge in [0.2, 0.25) is 0 Å². The summed E-state index contributed by atoms with van der Waals surface area (Å²) in [5.74, 6) is 0. The van der Waals surface area contributed by atoms with Crippen LogP contribution in [0.3, 0.4) is 0 Å². The van der Waals surface area contributed by atoms with Gasteiger partial charge in [0.05, 0.1) is 34.3 Å². The molecule has 0 atom stereocenters. The van der Waals surface area contributed by atoms with E-state index in [0.29, 0.717) is 21.8 Å². The predicted molar refractivity (Wildman–Crippen MR) is 111 cm³/mol. The van der Waals surface area contributed by atoms with E-state index in [1.54, 1.807) is 0 Å². The molecular weight excluding hydrogens is 329 g/mol. The third-order valence-electron chi connectivity index (χ3n) is 4.17. The van der Waals surface area contributed by atoms with Crippen molar-refractivity contribution in [2.45, 2.75) is 84.0 Å². The SMILES string of the molecule is CCCCCC/C=C\CCCCCCCC(=O)[P-]OCC[N+](C)(C)C. The van der Waals surface area contributed by atoms with E-state index in [1.165, 1.54) is 64.2 Å². The van der Waals surface area contributed by atoms with Crippen LogP contribution in [0.5, 0.6) is 0 Å². The van der Waals surface area contributed by atoms with Gasteiger partial charge in [-0.15, -0.1) is 0 Å². The average molecular weight is 372 g/mol. The standard InChI is InChI=1S/C21H42NO2P/c1-5-6-7-8-9-10-11-12-13-14-15-16-17-18-21(23)25-24-20-19-22(2,3)4/h10-11H,5-9,12-20H2,1-4H3/b11-10-. The van der Waals surface area contributed by atoms with Crippen LogP contribution in [0.15, 0.2) is 12.2 Å². The summed E-state index contributed by atoms with van der Waals surface area (Å²) in [6.45, 7) is 3.85. The van der Waals surface area contributed by atoms with Gasteiger partial charge in [0.25, 0.3) is 0 Å². The van der Waals surface area contributed by atoms with Crippen molar-refractivity contribution in [1.82, 2.24) is 0 Å². The molecule has 25 heavy (non-hydrogen) atoms. The molecule has 3 nitrogen and oxygen atoms in total. The number of hydrogen-bond acceptors (Lipinski definition) is 2. The molecule has 0 aliphatic heterocycles. The van der Waals surface area contributed by atoms with Gasteiger partial charge in [-0.25, -0.2) is 0 Å². The normalized spacial score (nSPS) is 12.6. The van der Waals surface area contributed by atoms with E-state index in [-0.39, 0.29) is 5.52 Å². The molecule has 0 radical (unpaired) electrons. The first kappa shape index (κ1) is 24.8. The Bertz CT molecular complexity index is 337. The van der Waals surface area contributed by atoms with Gasteiger partial charge in [-0.1, -0.05) is 57.6 Å². The first-order valence-electron chi connectivity index (χ1n) is 10.3. The Morgan fingerprint density at radius 3 is 2.04 bits per heavy atom. The number of nitrogens with zero attached hydrogens (tertiary/aromatic N) is 1. The highest BCUT2D eigenvalue weighted by Gasteiger charge is 2.03. The Morgan fingerprint density at radius 2 is 1.44 bits per heavy atom. The van der Waals surface area contributed by atoms with Crippen molar-refractivity contribution in [3.05, 3.63) is 12.2 Å². The fourth-order valence-corrected chi connectivity index (χ4v) is 3.04. The minimum Gasteiger partial charge on any atom is -0.546 e. The van der Waals surface area contributed by atoms with Crippen molar-refractivity contribution in [3.63, 3.8) is 0 Å². The predicted octanol–water partition coefficient (Wildman–Crippen LogP) is 6.35. The van der Waals surface area contributed by atoms with Gasteiger partial charge in [-0.05, 0) is 38.5 Å². The van der Waals surface area contributed by atoms with Gasteiger partial charge in [-0.3, -0.25) is 0 Å². The molecule has 0 aromatic rings. The van der Waals surface area contributed by atoms with Crippen LogP contribution in [-0.4, -0.2) is 44.3 Å². The lowest BCUT2D eigenvalue weighted by Crippen LogP contribution is -2.37. The number of carbonyl (C=O) groups is 1. The Balaban J connectivity index is 3.27. The summed E-state index contributed by atoms with van der Waals surface area (Å²) < 4.78 is 6.31. The summed E-state index contributed by atoms with van der Waals surface area (Å²) in [4.78, 5) is 11.7. The summed E-state index contributed by atoms with van der Waals surface area (Å²) in [7, 11) is 6.94. The largest absolute Gasteiger partial charge is 0.546 e. The molecule has 0 aromatic heterocycles. The van der Waals surface area contributed by atoms with Gasteiger partial charge in [0.1, 0.15) is 0 Å². The minimum absolute atomic E-state index is 0.229. The number of likely N-dealkylation sites (N-methyl/N-ethyl adjacent to an activating group) is 1. The monoisotopic (exact) mass is 371 g/mol. The maximum absolute atomic E-state index is 11.7. The Morgan fingerprint density at radius 1 is 0.880 bits per heavy atom. The lowest BCUT2D eigenvalue weighted by atomic mass is 10.1. The van der Waals surface area contributed by atoms with Crippen LogP contribution in [-0.2, 0) is 9.32 Å². The van der Waals surface area contributed by atoms with Gasteiger partial charge in [0.15, 0.2) is 0 Å². The molecule has 0 saturated carbocycles. The zero-order valence-corrected chi connectivity index (χ0v) is 18.2. The van der Waals surface area contributed by atoms with E-state index in [9.17, 15) is 4.79 Å². The van der Waals surface area contributed by atoms with Crippen molar-refractivity contribution < 1.29 is 13.8 Å². The molecule has 0 fully saturated rings. The molecular formula is C21H42NO2P. The average Bonchev–Trinajstić information content (AvgIpc) is 2.55. The Hall–Kier alpha value is -0.240.